The zero-order valence-electron chi connectivity index (χ0n) is 14.3. The molecule has 0 bridgehead atoms. The molecule has 2 aromatic heterocycles. The normalized spacial score (nSPS) is 11.4. The summed E-state index contributed by atoms with van der Waals surface area (Å²) in [7, 11) is 0. The minimum Gasteiger partial charge on any atom is -0.338 e. The first-order valence-electron chi connectivity index (χ1n) is 8.23. The third-order valence-electron chi connectivity index (χ3n) is 3.68. The van der Waals surface area contributed by atoms with Gasteiger partial charge in [-0.15, -0.1) is 5.10 Å². The summed E-state index contributed by atoms with van der Waals surface area (Å²) >= 11 is 1.34. The Morgan fingerprint density at radius 1 is 0.929 bits per heavy atom. The highest BCUT2D eigenvalue weighted by molar-refractivity contribution is 7.98. The number of benzene rings is 2. The summed E-state index contributed by atoms with van der Waals surface area (Å²) in [5.41, 5.74) is 1.53. The van der Waals surface area contributed by atoms with Gasteiger partial charge >= 0.3 is 0 Å². The van der Waals surface area contributed by atoms with Crippen LogP contribution in [-0.2, 0) is 5.75 Å². The molecule has 9 heteroatoms. The van der Waals surface area contributed by atoms with Crippen molar-refractivity contribution >= 4 is 23.9 Å². The molecule has 0 aliphatic heterocycles. The fourth-order valence-electron chi connectivity index (χ4n) is 2.30. The maximum absolute atomic E-state index is 13.0. The number of hydrogen-bond acceptors (Lipinski definition) is 6. The molecule has 0 saturated heterocycles. The van der Waals surface area contributed by atoms with E-state index in [0.29, 0.717) is 34.0 Å². The van der Waals surface area contributed by atoms with Crippen LogP contribution < -0.4 is 0 Å². The Balaban J connectivity index is 1.36. The zero-order chi connectivity index (χ0) is 19.3. The highest BCUT2D eigenvalue weighted by Crippen LogP contribution is 2.21. The van der Waals surface area contributed by atoms with E-state index in [1.807, 2.05) is 0 Å². The molecule has 0 spiro atoms. The number of halogens is 2. The average Bonchev–Trinajstić information content (AvgIpc) is 3.36. The molecule has 0 fully saturated rings. The van der Waals surface area contributed by atoms with E-state index in [0.717, 1.165) is 5.56 Å². The van der Waals surface area contributed by atoms with Gasteiger partial charge in [0.1, 0.15) is 17.5 Å². The fraction of sp³-hybridized carbons (Fsp3) is 0.0526. The molecule has 4 rings (SSSR count). The van der Waals surface area contributed by atoms with Crippen molar-refractivity contribution in [3.05, 3.63) is 77.4 Å². The van der Waals surface area contributed by atoms with Crippen molar-refractivity contribution in [2.24, 2.45) is 0 Å². The summed E-state index contributed by atoms with van der Waals surface area (Å²) in [5.74, 6) is 1.18. The van der Waals surface area contributed by atoms with E-state index in [9.17, 15) is 8.78 Å². The van der Waals surface area contributed by atoms with Gasteiger partial charge in [0.05, 0.1) is 5.75 Å². The smallest absolute Gasteiger partial charge is 0.237 e. The number of thioether (sulfide) groups is 1. The van der Waals surface area contributed by atoms with Crippen LogP contribution in [0, 0.1) is 11.6 Å². The lowest BCUT2D eigenvalue weighted by atomic mass is 10.2. The van der Waals surface area contributed by atoms with Crippen LogP contribution in [0.15, 0.2) is 58.2 Å². The van der Waals surface area contributed by atoms with Gasteiger partial charge in [-0.1, -0.05) is 35.1 Å². The monoisotopic (exact) mass is 397 g/mol. The number of aromatic amines is 1. The molecule has 0 aliphatic carbocycles. The maximum Gasteiger partial charge on any atom is 0.237 e. The molecule has 2 aromatic carbocycles. The quantitative estimate of drug-likeness (QED) is 0.479. The van der Waals surface area contributed by atoms with Crippen LogP contribution >= 0.6 is 11.8 Å². The highest BCUT2D eigenvalue weighted by atomic mass is 32.2. The van der Waals surface area contributed by atoms with Gasteiger partial charge in [0.2, 0.25) is 16.9 Å². The Morgan fingerprint density at radius 2 is 1.64 bits per heavy atom. The van der Waals surface area contributed by atoms with E-state index < -0.39 is 0 Å². The first kappa shape index (κ1) is 18.1. The molecule has 0 saturated carbocycles. The van der Waals surface area contributed by atoms with Gasteiger partial charge in [0.15, 0.2) is 0 Å². The number of H-pyrrole nitrogens is 1. The van der Waals surface area contributed by atoms with Crippen LogP contribution in [0.25, 0.3) is 23.5 Å². The van der Waals surface area contributed by atoms with Gasteiger partial charge in [-0.25, -0.2) is 13.8 Å². The molecule has 0 amide bonds. The number of hydrogen-bond donors (Lipinski definition) is 1. The number of rotatable bonds is 6. The summed E-state index contributed by atoms with van der Waals surface area (Å²) in [6, 6.07) is 12.0. The lowest BCUT2D eigenvalue weighted by molar-refractivity contribution is 0.391. The Morgan fingerprint density at radius 3 is 2.39 bits per heavy atom. The third-order valence-corrected chi connectivity index (χ3v) is 4.51. The van der Waals surface area contributed by atoms with Crippen LogP contribution in [-0.4, -0.2) is 25.3 Å². The summed E-state index contributed by atoms with van der Waals surface area (Å²) in [6.07, 6.45) is 3.56. The molecule has 6 nitrogen and oxygen atoms in total. The van der Waals surface area contributed by atoms with E-state index in [1.165, 1.54) is 36.0 Å². The molecule has 4 aromatic rings. The summed E-state index contributed by atoms with van der Waals surface area (Å²) in [5, 5.41) is 11.4. The molecular weight excluding hydrogens is 384 g/mol. The van der Waals surface area contributed by atoms with Crippen molar-refractivity contribution in [1.29, 1.82) is 0 Å². The van der Waals surface area contributed by atoms with Crippen LogP contribution in [0.2, 0.25) is 0 Å². The van der Waals surface area contributed by atoms with Gasteiger partial charge in [-0.2, -0.15) is 4.98 Å². The number of aromatic nitrogens is 5. The molecule has 28 heavy (non-hydrogen) atoms. The minimum atomic E-state index is -0.322. The standard InChI is InChI=1S/C19H13F2N5OS/c20-14-6-1-12(2-7-14)3-10-16-22-19(25-24-16)28-11-17-23-18(26-27-17)13-4-8-15(21)9-5-13/h1-10H,11H2,(H,22,24,25)/b10-3+. The first-order chi connectivity index (χ1) is 13.7. The SMILES string of the molecule is Fc1ccc(/C=C/c2nc(SCc3nc(-c4ccc(F)cc4)no3)n[nH]2)cc1. The van der Waals surface area contributed by atoms with Gasteiger partial charge in [-0.3, -0.25) is 5.10 Å². The molecule has 0 atom stereocenters. The summed E-state index contributed by atoms with van der Waals surface area (Å²) in [4.78, 5) is 8.62. The van der Waals surface area contributed by atoms with E-state index in [4.69, 9.17) is 4.52 Å². The lowest BCUT2D eigenvalue weighted by Crippen LogP contribution is -1.84. The Kier molecular flexibility index (Phi) is 5.24. The minimum absolute atomic E-state index is 0.279. The van der Waals surface area contributed by atoms with Gasteiger partial charge in [0.25, 0.3) is 0 Å². The summed E-state index contributed by atoms with van der Waals surface area (Å²) in [6.45, 7) is 0. The molecule has 0 unspecified atom stereocenters. The van der Waals surface area contributed by atoms with Crippen molar-refractivity contribution in [3.63, 3.8) is 0 Å². The van der Waals surface area contributed by atoms with Crippen molar-refractivity contribution in [2.75, 3.05) is 0 Å². The van der Waals surface area contributed by atoms with Gasteiger partial charge in [0, 0.05) is 5.56 Å². The molecule has 0 aliphatic rings. The lowest BCUT2D eigenvalue weighted by Gasteiger charge is -1.92. The van der Waals surface area contributed by atoms with Gasteiger partial charge < -0.3 is 4.52 Å². The van der Waals surface area contributed by atoms with E-state index in [-0.39, 0.29) is 11.6 Å². The number of nitrogens with zero attached hydrogens (tertiary/aromatic N) is 4. The molecule has 140 valence electrons. The van der Waals surface area contributed by atoms with Crippen LogP contribution in [0.5, 0.6) is 0 Å². The third kappa shape index (κ3) is 4.49. The second-order valence-electron chi connectivity index (χ2n) is 5.70. The van der Waals surface area contributed by atoms with Crippen molar-refractivity contribution < 1.29 is 13.3 Å². The van der Waals surface area contributed by atoms with Crippen LogP contribution in [0.1, 0.15) is 17.3 Å². The molecule has 2 heterocycles. The average molecular weight is 397 g/mol. The predicted octanol–water partition coefficient (Wildman–Crippen LogP) is 4.60. The first-order valence-corrected chi connectivity index (χ1v) is 9.22. The van der Waals surface area contributed by atoms with Crippen LogP contribution in [0.3, 0.4) is 0 Å². The predicted molar refractivity (Wildman–Crippen MR) is 101 cm³/mol. The second kappa shape index (κ2) is 8.13. The molecular formula is C19H13F2N5OS. The highest BCUT2D eigenvalue weighted by Gasteiger charge is 2.11. The van der Waals surface area contributed by atoms with E-state index in [2.05, 4.69) is 25.3 Å². The Labute approximate surface area is 162 Å². The maximum atomic E-state index is 13.0. The fourth-order valence-corrected chi connectivity index (χ4v) is 2.95. The molecule has 1 N–H and O–H groups in total. The van der Waals surface area contributed by atoms with Gasteiger partial charge in [-0.05, 0) is 48.0 Å². The molecule has 0 radical (unpaired) electrons. The second-order valence-corrected chi connectivity index (χ2v) is 6.64. The van der Waals surface area contributed by atoms with Crippen molar-refractivity contribution in [3.8, 4) is 11.4 Å². The van der Waals surface area contributed by atoms with Crippen molar-refractivity contribution in [2.45, 2.75) is 10.9 Å². The van der Waals surface area contributed by atoms with Crippen molar-refractivity contribution in [1.82, 2.24) is 25.3 Å². The summed E-state index contributed by atoms with van der Waals surface area (Å²) < 4.78 is 31.1. The Hall–Kier alpha value is -3.33. The zero-order valence-corrected chi connectivity index (χ0v) is 15.2. The largest absolute Gasteiger partial charge is 0.338 e. The number of nitrogens with one attached hydrogen (secondary N) is 1. The van der Waals surface area contributed by atoms with E-state index in [1.54, 1.807) is 36.4 Å². The van der Waals surface area contributed by atoms with E-state index >= 15 is 0 Å². The topological polar surface area (TPSA) is 80.5 Å². The Bertz CT molecular complexity index is 1090. The van der Waals surface area contributed by atoms with Crippen LogP contribution in [0.4, 0.5) is 8.78 Å².